The number of rotatable bonds is 9. The number of piperazine rings is 1. The molecule has 208 valence electrons. The molecule has 2 aromatic carbocycles. The SMILES string of the molecule is Cc1cc(Nc2nc(N3N=CCC3c3ccccc3)c3sccc3n2)cc(C)c1OCCCN1CCN(C)CC1. The second kappa shape index (κ2) is 11.9. The maximum absolute atomic E-state index is 6.26. The van der Waals surface area contributed by atoms with Gasteiger partial charge in [-0.25, -0.2) is 9.99 Å². The van der Waals surface area contributed by atoms with Crippen LogP contribution in [0.15, 0.2) is 59.0 Å². The highest BCUT2D eigenvalue weighted by molar-refractivity contribution is 7.17. The normalized spacial score (nSPS) is 18.1. The van der Waals surface area contributed by atoms with E-state index in [0.717, 1.165) is 90.8 Å². The Morgan fingerprint density at radius 3 is 2.55 bits per heavy atom. The summed E-state index contributed by atoms with van der Waals surface area (Å²) in [6.45, 7) is 10.6. The number of hydrogen-bond acceptors (Lipinski definition) is 9. The van der Waals surface area contributed by atoms with Crippen molar-refractivity contribution in [3.8, 4) is 5.75 Å². The van der Waals surface area contributed by atoms with Crippen molar-refractivity contribution in [3.63, 3.8) is 0 Å². The highest BCUT2D eigenvalue weighted by atomic mass is 32.1. The fraction of sp³-hybridized carbons (Fsp3) is 0.387. The minimum absolute atomic E-state index is 0.117. The van der Waals surface area contributed by atoms with Crippen molar-refractivity contribution in [1.29, 1.82) is 0 Å². The van der Waals surface area contributed by atoms with Gasteiger partial charge in [-0.2, -0.15) is 10.1 Å². The van der Waals surface area contributed by atoms with Crippen molar-refractivity contribution < 1.29 is 4.74 Å². The molecule has 40 heavy (non-hydrogen) atoms. The number of ether oxygens (including phenoxy) is 1. The van der Waals surface area contributed by atoms with E-state index in [1.165, 1.54) is 5.56 Å². The molecule has 1 N–H and O–H groups in total. The quantitative estimate of drug-likeness (QED) is 0.254. The molecule has 1 fully saturated rings. The molecular formula is C31H37N7OS. The van der Waals surface area contributed by atoms with Gasteiger partial charge in [-0.05, 0) is 67.6 Å². The van der Waals surface area contributed by atoms with Crippen LogP contribution in [0.4, 0.5) is 17.5 Å². The summed E-state index contributed by atoms with van der Waals surface area (Å²) >= 11 is 1.65. The molecule has 6 rings (SSSR count). The van der Waals surface area contributed by atoms with Crippen molar-refractivity contribution in [2.24, 2.45) is 5.10 Å². The lowest BCUT2D eigenvalue weighted by atomic mass is 10.0. The van der Waals surface area contributed by atoms with Gasteiger partial charge < -0.3 is 19.9 Å². The van der Waals surface area contributed by atoms with Crippen LogP contribution in [0, 0.1) is 13.8 Å². The predicted octanol–water partition coefficient (Wildman–Crippen LogP) is 6.01. The first kappa shape index (κ1) is 26.7. The molecule has 0 bridgehead atoms. The zero-order valence-corrected chi connectivity index (χ0v) is 24.3. The van der Waals surface area contributed by atoms with E-state index in [0.29, 0.717) is 5.95 Å². The fourth-order valence-electron chi connectivity index (χ4n) is 5.54. The van der Waals surface area contributed by atoms with Crippen LogP contribution in [0.1, 0.15) is 35.6 Å². The largest absolute Gasteiger partial charge is 0.493 e. The highest BCUT2D eigenvalue weighted by Crippen LogP contribution is 2.38. The third kappa shape index (κ3) is 5.82. The number of aromatic nitrogens is 2. The number of anilines is 3. The second-order valence-corrected chi connectivity index (χ2v) is 11.6. The maximum Gasteiger partial charge on any atom is 0.229 e. The van der Waals surface area contributed by atoms with Crippen LogP contribution in [-0.2, 0) is 0 Å². The highest BCUT2D eigenvalue weighted by Gasteiger charge is 2.28. The van der Waals surface area contributed by atoms with Crippen molar-refractivity contribution in [1.82, 2.24) is 19.8 Å². The summed E-state index contributed by atoms with van der Waals surface area (Å²) in [6, 6.07) is 16.9. The number of fused-ring (bicyclic) bond motifs is 1. The molecule has 1 atom stereocenters. The van der Waals surface area contributed by atoms with Crippen LogP contribution in [0.5, 0.6) is 5.75 Å². The zero-order valence-electron chi connectivity index (χ0n) is 23.5. The summed E-state index contributed by atoms with van der Waals surface area (Å²) in [5.74, 6) is 2.37. The van der Waals surface area contributed by atoms with E-state index in [1.807, 2.05) is 23.4 Å². The lowest BCUT2D eigenvalue weighted by molar-refractivity contribution is 0.145. The first-order valence-electron chi connectivity index (χ1n) is 14.1. The third-order valence-corrected chi connectivity index (χ3v) is 8.59. The van der Waals surface area contributed by atoms with Crippen molar-refractivity contribution in [3.05, 3.63) is 70.6 Å². The van der Waals surface area contributed by atoms with Crippen molar-refractivity contribution in [2.75, 3.05) is 56.7 Å². The Morgan fingerprint density at radius 1 is 1.00 bits per heavy atom. The van der Waals surface area contributed by atoms with Gasteiger partial charge in [0.2, 0.25) is 5.95 Å². The van der Waals surface area contributed by atoms with Crippen LogP contribution in [-0.4, -0.2) is 72.4 Å². The van der Waals surface area contributed by atoms with Gasteiger partial charge in [-0.1, -0.05) is 30.3 Å². The number of aryl methyl sites for hydroxylation is 2. The number of benzene rings is 2. The molecule has 2 aliphatic heterocycles. The van der Waals surface area contributed by atoms with Crippen LogP contribution >= 0.6 is 11.3 Å². The summed E-state index contributed by atoms with van der Waals surface area (Å²) in [4.78, 5) is 14.7. The first-order chi connectivity index (χ1) is 19.5. The Labute approximate surface area is 240 Å². The van der Waals surface area contributed by atoms with Gasteiger partial charge in [0.1, 0.15) is 5.75 Å². The molecular weight excluding hydrogens is 518 g/mol. The summed E-state index contributed by atoms with van der Waals surface area (Å²) in [6.07, 6.45) is 3.85. The van der Waals surface area contributed by atoms with Gasteiger partial charge in [0.15, 0.2) is 5.82 Å². The summed E-state index contributed by atoms with van der Waals surface area (Å²) < 4.78 is 7.30. The van der Waals surface area contributed by atoms with Gasteiger partial charge in [0, 0.05) is 51.0 Å². The number of nitrogens with one attached hydrogen (secondary N) is 1. The second-order valence-electron chi connectivity index (χ2n) is 10.7. The molecule has 2 aromatic heterocycles. The summed E-state index contributed by atoms with van der Waals surface area (Å²) in [5.41, 5.74) is 5.30. The molecule has 0 amide bonds. The molecule has 2 aliphatic rings. The number of nitrogens with zero attached hydrogens (tertiary/aromatic N) is 6. The Balaban J connectivity index is 1.16. The van der Waals surface area contributed by atoms with E-state index < -0.39 is 0 Å². The van der Waals surface area contributed by atoms with Gasteiger partial charge in [0.25, 0.3) is 0 Å². The summed E-state index contributed by atoms with van der Waals surface area (Å²) in [7, 11) is 2.19. The average Bonchev–Trinajstić information content (AvgIpc) is 3.63. The molecule has 9 heteroatoms. The first-order valence-corrected chi connectivity index (χ1v) is 15.0. The monoisotopic (exact) mass is 555 g/mol. The molecule has 8 nitrogen and oxygen atoms in total. The van der Waals surface area contributed by atoms with Gasteiger partial charge in [-0.3, -0.25) is 0 Å². The summed E-state index contributed by atoms with van der Waals surface area (Å²) in [5, 5.41) is 12.3. The number of thiophene rings is 1. The van der Waals surface area contributed by atoms with E-state index in [-0.39, 0.29) is 6.04 Å². The Hall–Kier alpha value is -3.53. The lowest BCUT2D eigenvalue weighted by Crippen LogP contribution is -2.44. The molecule has 0 saturated carbocycles. The molecule has 0 radical (unpaired) electrons. The zero-order chi connectivity index (χ0) is 27.5. The van der Waals surface area contributed by atoms with E-state index in [4.69, 9.17) is 19.8 Å². The molecule has 0 spiro atoms. The average molecular weight is 556 g/mol. The molecule has 1 unspecified atom stereocenters. The molecule has 4 heterocycles. The molecule has 4 aromatic rings. The fourth-order valence-corrected chi connectivity index (χ4v) is 6.35. The van der Waals surface area contributed by atoms with Crippen LogP contribution in [0.25, 0.3) is 10.2 Å². The van der Waals surface area contributed by atoms with Gasteiger partial charge in [-0.15, -0.1) is 11.3 Å². The standard InChI is InChI=1S/C31H37N7OS/c1-22-20-25(21-23(2)28(22)39-18-7-13-37-16-14-36(3)15-17-37)33-31-34-26-11-19-40-29(26)30(35-31)38-27(10-12-32-38)24-8-5-4-6-9-24/h4-6,8-9,11-12,19-21,27H,7,10,13-18H2,1-3H3,(H,33,34,35). The van der Waals surface area contributed by atoms with E-state index in [2.05, 4.69) is 77.8 Å². The number of hydrogen-bond donors (Lipinski definition) is 1. The van der Waals surface area contributed by atoms with Gasteiger partial charge in [0.05, 0.1) is 22.9 Å². The van der Waals surface area contributed by atoms with E-state index >= 15 is 0 Å². The van der Waals surface area contributed by atoms with E-state index in [1.54, 1.807) is 11.3 Å². The van der Waals surface area contributed by atoms with Crippen LogP contribution in [0.3, 0.4) is 0 Å². The Bertz CT molecular complexity index is 1460. The maximum atomic E-state index is 6.26. The van der Waals surface area contributed by atoms with Crippen LogP contribution in [0.2, 0.25) is 0 Å². The lowest BCUT2D eigenvalue weighted by Gasteiger charge is -2.32. The van der Waals surface area contributed by atoms with Gasteiger partial charge >= 0.3 is 0 Å². The topological polar surface area (TPSA) is 69.1 Å². The van der Waals surface area contributed by atoms with E-state index in [9.17, 15) is 0 Å². The van der Waals surface area contributed by atoms with Crippen molar-refractivity contribution >= 4 is 45.2 Å². The molecule has 1 saturated heterocycles. The minimum Gasteiger partial charge on any atom is -0.493 e. The Kier molecular flexibility index (Phi) is 7.95. The van der Waals surface area contributed by atoms with Crippen molar-refractivity contribution in [2.45, 2.75) is 32.7 Å². The minimum atomic E-state index is 0.117. The van der Waals surface area contributed by atoms with Crippen LogP contribution < -0.4 is 15.1 Å². The number of hydrazone groups is 1. The smallest absolute Gasteiger partial charge is 0.229 e. The molecule has 0 aliphatic carbocycles. The predicted molar refractivity (Wildman–Crippen MR) is 165 cm³/mol. The number of likely N-dealkylation sites (N-methyl/N-ethyl adjacent to an activating group) is 1. The Morgan fingerprint density at radius 2 is 1.77 bits per heavy atom. The third-order valence-electron chi connectivity index (χ3n) is 7.69.